The molecule has 0 bridgehead atoms. The third kappa shape index (κ3) is 3.60. The van der Waals surface area contributed by atoms with Gasteiger partial charge < -0.3 is 14.4 Å². The number of hydrogen-bond donors (Lipinski definition) is 1. The van der Waals surface area contributed by atoms with Crippen LogP contribution >= 0.6 is 0 Å². The first-order valence-corrected chi connectivity index (χ1v) is 11.2. The SMILES string of the molecule is CC(C)n1ncnc1-c1cn2c(n1)-c1ccc(-c3cnn(C(C)(C)C(=O)CO)c3)cc1OCC2. The number of carbonyl (C=O) groups is 1. The second-order valence-corrected chi connectivity index (χ2v) is 9.14. The lowest BCUT2D eigenvalue weighted by Gasteiger charge is -2.22. The largest absolute Gasteiger partial charge is 0.491 e. The number of hydrogen-bond acceptors (Lipinski definition) is 7. The highest BCUT2D eigenvalue weighted by Crippen LogP contribution is 2.37. The second-order valence-electron chi connectivity index (χ2n) is 9.14. The summed E-state index contributed by atoms with van der Waals surface area (Å²) < 4.78 is 11.6. The summed E-state index contributed by atoms with van der Waals surface area (Å²) in [5.41, 5.74) is 2.49. The summed E-state index contributed by atoms with van der Waals surface area (Å²) in [5, 5.41) is 18.0. The molecule has 0 saturated heterocycles. The predicted molar refractivity (Wildman–Crippen MR) is 125 cm³/mol. The van der Waals surface area contributed by atoms with Crippen LogP contribution in [0.15, 0.2) is 43.1 Å². The standard InChI is InChI=1S/C24H27N7O3/c1-15(2)31-23(25-14-27-31)19-12-29-7-8-34-20-9-16(5-6-18(20)22(29)28-19)17-10-26-30(11-17)24(3,4)21(33)13-32/h5-6,9-12,14-15,32H,7-8,13H2,1-4H3. The van der Waals surface area contributed by atoms with Gasteiger partial charge in [0.2, 0.25) is 0 Å². The minimum atomic E-state index is -0.938. The van der Waals surface area contributed by atoms with Crippen LogP contribution in [-0.4, -0.2) is 58.2 Å². The van der Waals surface area contributed by atoms with Gasteiger partial charge in [-0.1, -0.05) is 6.07 Å². The molecule has 5 rings (SSSR count). The molecule has 3 aromatic heterocycles. The molecule has 0 aliphatic carbocycles. The van der Waals surface area contributed by atoms with Crippen LogP contribution in [0.25, 0.3) is 34.0 Å². The van der Waals surface area contributed by atoms with Gasteiger partial charge in [0.05, 0.1) is 18.3 Å². The molecule has 1 aliphatic heterocycles. The number of aliphatic hydroxyl groups excluding tert-OH is 1. The second kappa shape index (κ2) is 8.21. The number of benzene rings is 1. The number of imidazole rings is 1. The Morgan fingerprint density at radius 1 is 1.18 bits per heavy atom. The van der Waals surface area contributed by atoms with E-state index >= 15 is 0 Å². The summed E-state index contributed by atoms with van der Waals surface area (Å²) in [6.45, 7) is 8.24. The quantitative estimate of drug-likeness (QED) is 0.470. The van der Waals surface area contributed by atoms with Crippen molar-refractivity contribution in [2.24, 2.45) is 0 Å². The van der Waals surface area contributed by atoms with Crippen molar-refractivity contribution in [3.8, 4) is 39.8 Å². The number of aromatic nitrogens is 7. The molecule has 0 unspecified atom stereocenters. The Kier molecular flexibility index (Phi) is 5.32. The highest BCUT2D eigenvalue weighted by atomic mass is 16.5. The number of ketones is 1. The molecule has 1 N–H and O–H groups in total. The Morgan fingerprint density at radius 2 is 2.00 bits per heavy atom. The highest BCUT2D eigenvalue weighted by molar-refractivity contribution is 5.86. The topological polar surface area (TPSA) is 113 Å². The van der Waals surface area contributed by atoms with Gasteiger partial charge in [-0.25, -0.2) is 14.6 Å². The van der Waals surface area contributed by atoms with Crippen LogP contribution in [0, 0.1) is 0 Å². The molecule has 0 spiro atoms. The minimum absolute atomic E-state index is 0.177. The molecule has 10 heteroatoms. The van der Waals surface area contributed by atoms with Gasteiger partial charge in [-0.3, -0.25) is 9.48 Å². The fourth-order valence-corrected chi connectivity index (χ4v) is 4.08. The van der Waals surface area contributed by atoms with Gasteiger partial charge >= 0.3 is 0 Å². The van der Waals surface area contributed by atoms with E-state index in [2.05, 4.69) is 33.6 Å². The third-order valence-corrected chi connectivity index (χ3v) is 6.19. The van der Waals surface area contributed by atoms with Gasteiger partial charge in [0.25, 0.3) is 0 Å². The van der Waals surface area contributed by atoms with Crippen molar-refractivity contribution < 1.29 is 14.6 Å². The van der Waals surface area contributed by atoms with Crippen LogP contribution in [0.5, 0.6) is 5.75 Å². The van der Waals surface area contributed by atoms with Crippen molar-refractivity contribution in [1.82, 2.24) is 34.1 Å². The number of carbonyl (C=O) groups excluding carboxylic acids is 1. The maximum absolute atomic E-state index is 12.1. The van der Waals surface area contributed by atoms with E-state index in [1.165, 1.54) is 0 Å². The number of aliphatic hydroxyl groups is 1. The Hall–Kier alpha value is -3.79. The Balaban J connectivity index is 1.51. The Morgan fingerprint density at radius 3 is 2.76 bits per heavy atom. The van der Waals surface area contributed by atoms with Gasteiger partial charge in [-0.15, -0.1) is 0 Å². The lowest BCUT2D eigenvalue weighted by atomic mass is 10.00. The Bertz CT molecular complexity index is 1360. The number of nitrogens with zero attached hydrogens (tertiary/aromatic N) is 7. The molecule has 0 saturated carbocycles. The molecule has 176 valence electrons. The fraction of sp³-hybridized carbons (Fsp3) is 0.375. The number of Topliss-reactive ketones (excluding diaryl/α,β-unsaturated/α-hetero) is 1. The van der Waals surface area contributed by atoms with E-state index in [0.29, 0.717) is 13.2 Å². The van der Waals surface area contributed by atoms with Crippen molar-refractivity contribution in [2.75, 3.05) is 13.2 Å². The summed E-state index contributed by atoms with van der Waals surface area (Å²) in [7, 11) is 0. The van der Waals surface area contributed by atoms with Crippen molar-refractivity contribution in [1.29, 1.82) is 0 Å². The Labute approximate surface area is 196 Å². The van der Waals surface area contributed by atoms with Gasteiger partial charge in [0.15, 0.2) is 11.6 Å². The van der Waals surface area contributed by atoms with E-state index < -0.39 is 12.1 Å². The van der Waals surface area contributed by atoms with Crippen LogP contribution < -0.4 is 4.74 Å². The molecular weight excluding hydrogens is 434 g/mol. The van der Waals surface area contributed by atoms with E-state index in [-0.39, 0.29) is 11.8 Å². The molecule has 0 amide bonds. The molecular formula is C24H27N7O3. The van der Waals surface area contributed by atoms with Gasteiger partial charge in [0, 0.05) is 24.0 Å². The average Bonchev–Trinajstić information content (AvgIpc) is 3.56. The van der Waals surface area contributed by atoms with Gasteiger partial charge in [0.1, 0.15) is 42.3 Å². The van der Waals surface area contributed by atoms with Crippen LogP contribution in [-0.2, 0) is 16.9 Å². The normalized spacial score (nSPS) is 13.4. The highest BCUT2D eigenvalue weighted by Gasteiger charge is 2.30. The van der Waals surface area contributed by atoms with E-state index in [1.807, 2.05) is 35.3 Å². The van der Waals surface area contributed by atoms with Crippen LogP contribution in [0.4, 0.5) is 0 Å². The van der Waals surface area contributed by atoms with Crippen LogP contribution in [0.2, 0.25) is 0 Å². The first-order valence-electron chi connectivity index (χ1n) is 11.2. The predicted octanol–water partition coefficient (Wildman–Crippen LogP) is 2.94. The number of fused-ring (bicyclic) bond motifs is 3. The van der Waals surface area contributed by atoms with E-state index in [4.69, 9.17) is 9.72 Å². The maximum atomic E-state index is 12.1. The monoisotopic (exact) mass is 461 g/mol. The van der Waals surface area contributed by atoms with Crippen molar-refractivity contribution in [2.45, 2.75) is 45.8 Å². The van der Waals surface area contributed by atoms with E-state index in [0.717, 1.165) is 39.8 Å². The molecule has 0 fully saturated rings. The van der Waals surface area contributed by atoms with Gasteiger partial charge in [-0.2, -0.15) is 10.2 Å². The number of rotatable bonds is 6. The van der Waals surface area contributed by atoms with Crippen LogP contribution in [0.3, 0.4) is 0 Å². The van der Waals surface area contributed by atoms with Crippen molar-refractivity contribution >= 4 is 5.78 Å². The average molecular weight is 462 g/mol. The van der Waals surface area contributed by atoms with Crippen molar-refractivity contribution in [3.63, 3.8) is 0 Å². The first-order chi connectivity index (χ1) is 16.3. The molecule has 1 aromatic carbocycles. The van der Waals surface area contributed by atoms with Crippen molar-refractivity contribution in [3.05, 3.63) is 43.1 Å². The molecule has 1 aliphatic rings. The lowest BCUT2D eigenvalue weighted by molar-refractivity contribution is -0.129. The zero-order chi connectivity index (χ0) is 24.0. The maximum Gasteiger partial charge on any atom is 0.185 e. The van der Waals surface area contributed by atoms with E-state index in [9.17, 15) is 9.90 Å². The summed E-state index contributed by atoms with van der Waals surface area (Å²) in [4.78, 5) is 21.4. The molecule has 34 heavy (non-hydrogen) atoms. The van der Waals surface area contributed by atoms with Crippen LogP contribution in [0.1, 0.15) is 33.7 Å². The fourth-order valence-electron chi connectivity index (χ4n) is 4.08. The zero-order valence-electron chi connectivity index (χ0n) is 19.6. The van der Waals surface area contributed by atoms with Gasteiger partial charge in [-0.05, 0) is 45.4 Å². The summed E-state index contributed by atoms with van der Waals surface area (Å²) in [6.07, 6.45) is 7.07. The summed E-state index contributed by atoms with van der Waals surface area (Å²) in [6, 6.07) is 6.13. The smallest absolute Gasteiger partial charge is 0.185 e. The zero-order valence-corrected chi connectivity index (χ0v) is 19.6. The molecule has 0 atom stereocenters. The number of ether oxygens (including phenoxy) is 1. The summed E-state index contributed by atoms with van der Waals surface area (Å²) in [5.74, 6) is 1.99. The molecule has 0 radical (unpaired) electrons. The molecule has 10 nitrogen and oxygen atoms in total. The summed E-state index contributed by atoms with van der Waals surface area (Å²) >= 11 is 0. The van der Waals surface area contributed by atoms with E-state index in [1.54, 1.807) is 31.1 Å². The first kappa shape index (κ1) is 22.0. The molecule has 4 heterocycles. The molecule has 4 aromatic rings. The minimum Gasteiger partial charge on any atom is -0.491 e. The lowest BCUT2D eigenvalue weighted by Crippen LogP contribution is -2.38. The third-order valence-electron chi connectivity index (χ3n) is 6.19.